The standard InChI is InChI=1S/C9H9N3O2S.C4H5N3S/c1-2-14-9(13)7-4-15-8(12-7)6-3-10-5-11-6;5-4(8)3-1-6-2-7-3/h3-5H,2H2,1H3,(H,10,11);1-2H,(H2,5,8)(H,6,7). The van der Waals surface area contributed by atoms with Crippen LogP contribution in [0, 0.1) is 0 Å². The van der Waals surface area contributed by atoms with E-state index in [-0.39, 0.29) is 5.97 Å². The number of hydrogen-bond donors (Lipinski definition) is 3. The molecule has 3 aromatic heterocycles. The molecule has 3 aromatic rings. The van der Waals surface area contributed by atoms with E-state index in [2.05, 4.69) is 37.1 Å². The fraction of sp³-hybridized carbons (Fsp3) is 0.154. The number of carbonyl (C=O) groups excluding carboxylic acids is 1. The Morgan fingerprint density at radius 1 is 1.35 bits per heavy atom. The number of thiocarbonyl (C=S) groups is 1. The molecule has 0 saturated carbocycles. The van der Waals surface area contributed by atoms with E-state index in [9.17, 15) is 4.79 Å². The van der Waals surface area contributed by atoms with Crippen molar-refractivity contribution >= 4 is 34.5 Å². The van der Waals surface area contributed by atoms with E-state index < -0.39 is 0 Å². The van der Waals surface area contributed by atoms with Gasteiger partial charge in [-0.25, -0.2) is 19.7 Å². The summed E-state index contributed by atoms with van der Waals surface area (Å²) >= 11 is 6.00. The van der Waals surface area contributed by atoms with Crippen molar-refractivity contribution in [1.29, 1.82) is 0 Å². The Balaban J connectivity index is 0.000000203. The van der Waals surface area contributed by atoms with Crippen molar-refractivity contribution in [2.75, 3.05) is 6.61 Å². The highest BCUT2D eigenvalue weighted by atomic mass is 32.1. The van der Waals surface area contributed by atoms with Gasteiger partial charge in [-0.05, 0) is 6.92 Å². The molecule has 4 N–H and O–H groups in total. The third-order valence-corrected chi connectivity index (χ3v) is 3.58. The Bertz CT molecular complexity index is 751. The summed E-state index contributed by atoms with van der Waals surface area (Å²) in [5.41, 5.74) is 7.07. The average Bonchev–Trinajstić information content (AvgIpc) is 3.28. The van der Waals surface area contributed by atoms with Crippen LogP contribution in [-0.2, 0) is 4.74 Å². The number of aromatic nitrogens is 5. The number of ether oxygens (including phenoxy) is 1. The van der Waals surface area contributed by atoms with Gasteiger partial charge in [-0.1, -0.05) is 12.2 Å². The Hall–Kier alpha value is -2.59. The molecule has 0 spiro atoms. The van der Waals surface area contributed by atoms with E-state index in [0.29, 0.717) is 23.0 Å². The van der Waals surface area contributed by atoms with Crippen LogP contribution in [0.1, 0.15) is 23.1 Å². The topological polar surface area (TPSA) is 123 Å². The van der Waals surface area contributed by atoms with Crippen LogP contribution in [-0.4, -0.2) is 42.5 Å². The highest BCUT2D eigenvalue weighted by Crippen LogP contribution is 2.21. The second kappa shape index (κ2) is 8.15. The summed E-state index contributed by atoms with van der Waals surface area (Å²) in [6, 6.07) is 0. The maximum absolute atomic E-state index is 11.3. The summed E-state index contributed by atoms with van der Waals surface area (Å²) in [5.74, 6) is -0.389. The SMILES string of the molecule is CCOC(=O)c1csc(-c2cnc[nH]2)n1.NC(=S)c1cnc[nH]1. The number of nitrogens with one attached hydrogen (secondary N) is 2. The van der Waals surface area contributed by atoms with Crippen LogP contribution in [0.4, 0.5) is 0 Å². The van der Waals surface area contributed by atoms with Gasteiger partial charge in [0.2, 0.25) is 0 Å². The molecule has 23 heavy (non-hydrogen) atoms. The van der Waals surface area contributed by atoms with Gasteiger partial charge in [0, 0.05) is 5.38 Å². The van der Waals surface area contributed by atoms with Crippen molar-refractivity contribution in [3.05, 3.63) is 41.8 Å². The lowest BCUT2D eigenvalue weighted by molar-refractivity contribution is 0.0520. The number of nitrogens with two attached hydrogens (primary N) is 1. The minimum atomic E-state index is -0.389. The first-order valence-electron chi connectivity index (χ1n) is 6.51. The van der Waals surface area contributed by atoms with Gasteiger partial charge in [-0.15, -0.1) is 11.3 Å². The fourth-order valence-electron chi connectivity index (χ4n) is 1.46. The molecule has 0 aliphatic carbocycles. The van der Waals surface area contributed by atoms with Crippen LogP contribution in [0.2, 0.25) is 0 Å². The lowest BCUT2D eigenvalue weighted by Crippen LogP contribution is -2.09. The Morgan fingerprint density at radius 2 is 2.09 bits per heavy atom. The summed E-state index contributed by atoms with van der Waals surface area (Å²) in [7, 11) is 0. The number of thiazole rings is 1. The van der Waals surface area contributed by atoms with Crippen molar-refractivity contribution < 1.29 is 9.53 Å². The third-order valence-electron chi connectivity index (χ3n) is 2.48. The molecule has 0 atom stereocenters. The number of aromatic amines is 2. The van der Waals surface area contributed by atoms with E-state index in [1.54, 1.807) is 31.0 Å². The van der Waals surface area contributed by atoms with Crippen molar-refractivity contribution in [3.63, 3.8) is 0 Å². The normalized spacial score (nSPS) is 9.78. The fourth-order valence-corrected chi connectivity index (χ4v) is 2.33. The van der Waals surface area contributed by atoms with Crippen molar-refractivity contribution in [2.45, 2.75) is 6.92 Å². The summed E-state index contributed by atoms with van der Waals surface area (Å²) < 4.78 is 4.84. The van der Waals surface area contributed by atoms with Gasteiger partial charge >= 0.3 is 5.97 Å². The second-order valence-corrected chi connectivity index (χ2v) is 5.35. The summed E-state index contributed by atoms with van der Waals surface area (Å²) in [5, 5.41) is 2.41. The molecule has 0 unspecified atom stereocenters. The van der Waals surface area contributed by atoms with Crippen LogP contribution >= 0.6 is 23.6 Å². The first kappa shape index (κ1) is 16.8. The molecule has 120 valence electrons. The van der Waals surface area contributed by atoms with E-state index in [4.69, 9.17) is 10.5 Å². The number of imidazole rings is 2. The Morgan fingerprint density at radius 3 is 2.61 bits per heavy atom. The van der Waals surface area contributed by atoms with E-state index in [1.807, 2.05) is 0 Å². The van der Waals surface area contributed by atoms with Gasteiger partial charge in [0.15, 0.2) is 5.69 Å². The molecular weight excluding hydrogens is 336 g/mol. The lowest BCUT2D eigenvalue weighted by Gasteiger charge is -1.95. The van der Waals surface area contributed by atoms with Gasteiger partial charge in [-0.3, -0.25) is 0 Å². The second-order valence-electron chi connectivity index (χ2n) is 4.05. The Labute approximate surface area is 141 Å². The van der Waals surface area contributed by atoms with Crippen LogP contribution in [0.5, 0.6) is 0 Å². The third kappa shape index (κ3) is 4.69. The summed E-state index contributed by atoms with van der Waals surface area (Å²) in [6.07, 6.45) is 6.35. The van der Waals surface area contributed by atoms with Gasteiger partial charge in [0.1, 0.15) is 10.00 Å². The minimum absolute atomic E-state index is 0.339. The van der Waals surface area contributed by atoms with Crippen LogP contribution in [0.3, 0.4) is 0 Å². The molecule has 0 aliphatic rings. The molecule has 0 bridgehead atoms. The van der Waals surface area contributed by atoms with Gasteiger partial charge in [0.05, 0.1) is 43.0 Å². The molecule has 0 radical (unpaired) electrons. The summed E-state index contributed by atoms with van der Waals surface area (Å²) in [6.45, 7) is 2.12. The number of rotatable bonds is 4. The van der Waals surface area contributed by atoms with Gasteiger partial charge < -0.3 is 20.4 Å². The maximum atomic E-state index is 11.3. The molecule has 0 aromatic carbocycles. The predicted octanol–water partition coefficient (Wildman–Crippen LogP) is 1.75. The molecule has 3 heterocycles. The molecule has 0 amide bonds. The van der Waals surface area contributed by atoms with Crippen molar-refractivity contribution in [2.24, 2.45) is 5.73 Å². The maximum Gasteiger partial charge on any atom is 0.357 e. The Kier molecular flexibility index (Phi) is 5.94. The smallest absolute Gasteiger partial charge is 0.357 e. The van der Waals surface area contributed by atoms with Crippen molar-refractivity contribution in [1.82, 2.24) is 24.9 Å². The molecule has 0 aliphatic heterocycles. The molecule has 10 heteroatoms. The molecule has 3 rings (SSSR count). The number of hydrogen-bond acceptors (Lipinski definition) is 7. The van der Waals surface area contributed by atoms with Gasteiger partial charge in [-0.2, -0.15) is 0 Å². The highest BCUT2D eigenvalue weighted by molar-refractivity contribution is 7.80. The lowest BCUT2D eigenvalue weighted by atomic mass is 10.5. The first-order valence-corrected chi connectivity index (χ1v) is 7.80. The average molecular weight is 350 g/mol. The zero-order valence-corrected chi connectivity index (χ0v) is 13.8. The zero-order valence-electron chi connectivity index (χ0n) is 12.1. The van der Waals surface area contributed by atoms with Crippen LogP contribution in [0.15, 0.2) is 30.4 Å². The molecule has 0 saturated heterocycles. The molecule has 0 fully saturated rings. The predicted molar refractivity (Wildman–Crippen MR) is 90.1 cm³/mol. The number of H-pyrrole nitrogens is 2. The number of esters is 1. The molecule has 8 nitrogen and oxygen atoms in total. The van der Waals surface area contributed by atoms with Crippen LogP contribution < -0.4 is 5.73 Å². The van der Waals surface area contributed by atoms with Crippen LogP contribution in [0.25, 0.3) is 10.7 Å². The quantitative estimate of drug-likeness (QED) is 0.484. The minimum Gasteiger partial charge on any atom is -0.461 e. The number of nitrogens with zero attached hydrogens (tertiary/aromatic N) is 3. The highest BCUT2D eigenvalue weighted by Gasteiger charge is 2.12. The van der Waals surface area contributed by atoms with Crippen molar-refractivity contribution in [3.8, 4) is 10.7 Å². The van der Waals surface area contributed by atoms with E-state index in [0.717, 1.165) is 10.7 Å². The largest absolute Gasteiger partial charge is 0.461 e. The first-order chi connectivity index (χ1) is 11.1. The number of carbonyl (C=O) groups is 1. The monoisotopic (exact) mass is 350 g/mol. The van der Waals surface area contributed by atoms with Gasteiger partial charge in [0.25, 0.3) is 0 Å². The molecular formula is C13H14N6O2S2. The van der Waals surface area contributed by atoms with E-state index in [1.165, 1.54) is 17.7 Å². The zero-order chi connectivity index (χ0) is 16.7. The van der Waals surface area contributed by atoms with E-state index >= 15 is 0 Å². The summed E-state index contributed by atoms with van der Waals surface area (Å²) in [4.78, 5) is 29.1.